The zero-order chi connectivity index (χ0) is 20.0. The molecule has 0 spiro atoms. The number of methoxy groups -OCH3 is 1. The fraction of sp³-hybridized carbons (Fsp3) is 0.316. The molecule has 8 heteroatoms. The molecule has 0 saturated heterocycles. The molecule has 2 rings (SSSR count). The third kappa shape index (κ3) is 6.50. The highest BCUT2D eigenvalue weighted by Gasteiger charge is 2.15. The number of carboxylic acid groups (broad SMARTS) is 1. The van der Waals surface area contributed by atoms with Crippen molar-refractivity contribution in [1.29, 1.82) is 0 Å². The lowest BCUT2D eigenvalue weighted by Crippen LogP contribution is -2.32. The quantitative estimate of drug-likeness (QED) is 0.710. The molecule has 144 valence electrons. The highest BCUT2D eigenvalue weighted by molar-refractivity contribution is 5.89. The van der Waals surface area contributed by atoms with Crippen LogP contribution >= 0.6 is 0 Å². The van der Waals surface area contributed by atoms with Gasteiger partial charge in [-0.2, -0.15) is 4.98 Å². The van der Waals surface area contributed by atoms with Crippen LogP contribution in [0.15, 0.2) is 36.4 Å². The van der Waals surface area contributed by atoms with Gasteiger partial charge in [0, 0.05) is 18.3 Å². The zero-order valence-electron chi connectivity index (χ0n) is 15.7. The van der Waals surface area contributed by atoms with E-state index in [1.54, 1.807) is 26.8 Å². The van der Waals surface area contributed by atoms with E-state index in [1.807, 2.05) is 18.2 Å². The molecular formula is C19H23N3O5. The number of nitrogens with zero attached hydrogens (tertiary/aromatic N) is 1. The molecule has 2 aromatic rings. The first kappa shape index (κ1) is 20.0. The number of ether oxygens (including phenoxy) is 2. The summed E-state index contributed by atoms with van der Waals surface area (Å²) in [4.78, 5) is 27.2. The van der Waals surface area contributed by atoms with Crippen LogP contribution in [0.2, 0.25) is 0 Å². The Balaban J connectivity index is 2.08. The molecule has 0 radical (unpaired) electrons. The van der Waals surface area contributed by atoms with E-state index in [0.29, 0.717) is 11.5 Å². The Morgan fingerprint density at radius 2 is 1.93 bits per heavy atom. The third-order valence-electron chi connectivity index (χ3n) is 3.29. The van der Waals surface area contributed by atoms with Gasteiger partial charge in [-0.25, -0.2) is 9.59 Å². The number of nitrogens with one attached hydrogen (secondary N) is 2. The zero-order valence-corrected chi connectivity index (χ0v) is 15.7. The summed E-state index contributed by atoms with van der Waals surface area (Å²) in [5.74, 6) is -0.543. The van der Waals surface area contributed by atoms with Crippen molar-refractivity contribution in [2.45, 2.75) is 32.9 Å². The van der Waals surface area contributed by atoms with Crippen molar-refractivity contribution < 1.29 is 24.2 Å². The largest absolute Gasteiger partial charge is 0.481 e. The van der Waals surface area contributed by atoms with Crippen LogP contribution in [0.1, 0.15) is 36.7 Å². The number of pyridine rings is 1. The topological polar surface area (TPSA) is 110 Å². The monoisotopic (exact) mass is 373 g/mol. The molecule has 0 aliphatic rings. The van der Waals surface area contributed by atoms with Crippen molar-refractivity contribution >= 4 is 23.6 Å². The van der Waals surface area contributed by atoms with Gasteiger partial charge in [0.15, 0.2) is 0 Å². The normalized spacial score (nSPS) is 10.8. The van der Waals surface area contributed by atoms with E-state index in [0.717, 1.165) is 5.56 Å². The average molecular weight is 373 g/mol. The van der Waals surface area contributed by atoms with Crippen molar-refractivity contribution in [3.63, 3.8) is 0 Å². The minimum atomic E-state index is -1.07. The summed E-state index contributed by atoms with van der Waals surface area (Å²) < 4.78 is 10.2. The first-order valence-electron chi connectivity index (χ1n) is 8.28. The Kier molecular flexibility index (Phi) is 6.23. The molecule has 0 aliphatic carbocycles. The Hall–Kier alpha value is -3.29. The molecule has 1 heterocycles. The predicted molar refractivity (Wildman–Crippen MR) is 101 cm³/mol. The van der Waals surface area contributed by atoms with Gasteiger partial charge in [-0.1, -0.05) is 12.1 Å². The van der Waals surface area contributed by atoms with E-state index in [-0.39, 0.29) is 18.0 Å². The van der Waals surface area contributed by atoms with E-state index in [9.17, 15) is 14.7 Å². The lowest BCUT2D eigenvalue weighted by Gasteiger charge is -2.19. The van der Waals surface area contributed by atoms with Gasteiger partial charge in [0.2, 0.25) is 5.88 Å². The molecule has 0 unspecified atom stereocenters. The first-order chi connectivity index (χ1) is 12.7. The second kappa shape index (κ2) is 8.39. The lowest BCUT2D eigenvalue weighted by atomic mass is 10.2. The van der Waals surface area contributed by atoms with Crippen molar-refractivity contribution in [3.8, 4) is 5.88 Å². The third-order valence-corrected chi connectivity index (χ3v) is 3.29. The second-order valence-electron chi connectivity index (χ2n) is 6.77. The summed E-state index contributed by atoms with van der Waals surface area (Å²) in [5.41, 5.74) is 1.03. The SMILES string of the molecule is COc1cc(C(=O)O)cc(Nc2cccc(CNC(=O)OC(C)(C)C)c2)n1. The number of hydrogen-bond donors (Lipinski definition) is 3. The van der Waals surface area contributed by atoms with Gasteiger partial charge in [-0.3, -0.25) is 0 Å². The number of aromatic nitrogens is 1. The van der Waals surface area contributed by atoms with E-state index in [2.05, 4.69) is 15.6 Å². The molecule has 1 aromatic carbocycles. The summed E-state index contributed by atoms with van der Waals surface area (Å²) in [6.07, 6.45) is -0.499. The Morgan fingerprint density at radius 3 is 2.56 bits per heavy atom. The van der Waals surface area contributed by atoms with Gasteiger partial charge in [0.1, 0.15) is 11.4 Å². The van der Waals surface area contributed by atoms with Gasteiger partial charge in [0.25, 0.3) is 0 Å². The Bertz CT molecular complexity index is 830. The summed E-state index contributed by atoms with van der Waals surface area (Å²) in [5, 5.41) is 14.9. The van der Waals surface area contributed by atoms with E-state index >= 15 is 0 Å². The Morgan fingerprint density at radius 1 is 1.19 bits per heavy atom. The number of benzene rings is 1. The summed E-state index contributed by atoms with van der Waals surface area (Å²) in [6.45, 7) is 5.67. The molecule has 8 nitrogen and oxygen atoms in total. The van der Waals surface area contributed by atoms with Gasteiger partial charge >= 0.3 is 12.1 Å². The van der Waals surface area contributed by atoms with E-state index < -0.39 is 17.7 Å². The molecule has 27 heavy (non-hydrogen) atoms. The fourth-order valence-electron chi connectivity index (χ4n) is 2.19. The molecule has 3 N–H and O–H groups in total. The number of amides is 1. The highest BCUT2D eigenvalue weighted by Crippen LogP contribution is 2.21. The summed E-state index contributed by atoms with van der Waals surface area (Å²) in [7, 11) is 1.42. The predicted octanol–water partition coefficient (Wildman–Crippen LogP) is 3.56. The van der Waals surface area contributed by atoms with E-state index in [4.69, 9.17) is 9.47 Å². The standard InChI is InChI=1S/C19H23N3O5/c1-19(2,3)27-18(25)20-11-12-6-5-7-14(8-12)21-15-9-13(17(23)24)10-16(22-15)26-4/h5-10H,11H2,1-4H3,(H,20,25)(H,21,22)(H,23,24). The van der Waals surface area contributed by atoms with Crippen LogP contribution < -0.4 is 15.4 Å². The van der Waals surface area contributed by atoms with Gasteiger partial charge in [0.05, 0.1) is 12.7 Å². The molecule has 1 amide bonds. The van der Waals surface area contributed by atoms with Crippen molar-refractivity contribution in [3.05, 3.63) is 47.5 Å². The highest BCUT2D eigenvalue weighted by atomic mass is 16.6. The van der Waals surface area contributed by atoms with Crippen LogP contribution in [-0.4, -0.2) is 34.9 Å². The molecule has 0 fully saturated rings. The summed E-state index contributed by atoms with van der Waals surface area (Å²) >= 11 is 0. The van der Waals surface area contributed by atoms with Crippen LogP contribution in [0, 0.1) is 0 Å². The minimum Gasteiger partial charge on any atom is -0.481 e. The maximum absolute atomic E-state index is 11.8. The van der Waals surface area contributed by atoms with Crippen LogP contribution in [-0.2, 0) is 11.3 Å². The fourth-order valence-corrected chi connectivity index (χ4v) is 2.19. The van der Waals surface area contributed by atoms with Crippen molar-refractivity contribution in [1.82, 2.24) is 10.3 Å². The van der Waals surface area contributed by atoms with E-state index in [1.165, 1.54) is 19.2 Å². The molecular weight excluding hydrogens is 350 g/mol. The number of anilines is 2. The summed E-state index contributed by atoms with van der Waals surface area (Å²) in [6, 6.07) is 10.0. The first-order valence-corrected chi connectivity index (χ1v) is 8.28. The van der Waals surface area contributed by atoms with Crippen LogP contribution in [0.3, 0.4) is 0 Å². The van der Waals surface area contributed by atoms with Gasteiger partial charge < -0.3 is 25.2 Å². The van der Waals surface area contributed by atoms with Crippen LogP contribution in [0.5, 0.6) is 5.88 Å². The number of alkyl carbamates (subject to hydrolysis) is 1. The van der Waals surface area contributed by atoms with Crippen LogP contribution in [0.25, 0.3) is 0 Å². The molecule has 1 aromatic heterocycles. The van der Waals surface area contributed by atoms with Gasteiger partial charge in [-0.05, 0) is 44.5 Å². The number of rotatable bonds is 6. The number of carbonyl (C=O) groups excluding carboxylic acids is 1. The van der Waals surface area contributed by atoms with Gasteiger partial charge in [-0.15, -0.1) is 0 Å². The molecule has 0 bridgehead atoms. The molecule has 0 aliphatic heterocycles. The molecule has 0 saturated carbocycles. The van der Waals surface area contributed by atoms with Crippen LogP contribution in [0.4, 0.5) is 16.3 Å². The average Bonchev–Trinajstić information content (AvgIpc) is 2.58. The maximum Gasteiger partial charge on any atom is 0.407 e. The smallest absolute Gasteiger partial charge is 0.407 e. The molecule has 0 atom stereocenters. The van der Waals surface area contributed by atoms with Crippen molar-refractivity contribution in [2.75, 3.05) is 12.4 Å². The lowest BCUT2D eigenvalue weighted by molar-refractivity contribution is 0.0523. The Labute approximate surface area is 157 Å². The van der Waals surface area contributed by atoms with Crippen molar-refractivity contribution in [2.24, 2.45) is 0 Å². The maximum atomic E-state index is 11.8. The second-order valence-corrected chi connectivity index (χ2v) is 6.77. The number of hydrogen-bond acceptors (Lipinski definition) is 6. The number of aromatic carboxylic acids is 1. The minimum absolute atomic E-state index is 0.0621. The number of carbonyl (C=O) groups is 2. The number of carboxylic acids is 1.